The topological polar surface area (TPSA) is 3.24 Å². The smallest absolute Gasteiger partial charge is 0.00434 e. The first-order valence-corrected chi connectivity index (χ1v) is 6.61. The molecular formula is C11H22BrN. The number of alkyl halides is 1. The van der Waals surface area contributed by atoms with Gasteiger partial charge >= 0.3 is 0 Å². The monoisotopic (exact) mass is 247 g/mol. The Balaban J connectivity index is 2.22. The van der Waals surface area contributed by atoms with E-state index in [1.807, 2.05) is 0 Å². The van der Waals surface area contributed by atoms with Crippen LogP contribution in [0.1, 0.15) is 39.5 Å². The molecule has 0 spiro atoms. The van der Waals surface area contributed by atoms with Crippen molar-refractivity contribution in [2.45, 2.75) is 39.5 Å². The second kappa shape index (κ2) is 5.35. The van der Waals surface area contributed by atoms with Crippen molar-refractivity contribution in [2.24, 2.45) is 5.41 Å². The number of hydrogen-bond acceptors (Lipinski definition) is 1. The van der Waals surface area contributed by atoms with E-state index in [-0.39, 0.29) is 0 Å². The summed E-state index contributed by atoms with van der Waals surface area (Å²) in [7, 11) is 0. The predicted molar refractivity (Wildman–Crippen MR) is 62.5 cm³/mol. The summed E-state index contributed by atoms with van der Waals surface area (Å²) in [6.07, 6.45) is 5.43. The van der Waals surface area contributed by atoms with Gasteiger partial charge in [-0.05, 0) is 44.3 Å². The van der Waals surface area contributed by atoms with Gasteiger partial charge in [-0.2, -0.15) is 0 Å². The molecule has 0 amide bonds. The third-order valence-corrected chi connectivity index (χ3v) is 4.09. The molecule has 1 aliphatic rings. The molecule has 1 fully saturated rings. The first-order valence-electron chi connectivity index (χ1n) is 5.48. The van der Waals surface area contributed by atoms with E-state index in [0.29, 0.717) is 5.41 Å². The molecule has 0 saturated carbocycles. The highest BCUT2D eigenvalue weighted by Gasteiger charge is 2.27. The summed E-state index contributed by atoms with van der Waals surface area (Å²) in [4.78, 5) is 2.61. The molecule has 0 unspecified atom stereocenters. The van der Waals surface area contributed by atoms with Crippen LogP contribution in [0.25, 0.3) is 0 Å². The van der Waals surface area contributed by atoms with Crippen LogP contribution in [0.5, 0.6) is 0 Å². The van der Waals surface area contributed by atoms with E-state index in [9.17, 15) is 0 Å². The summed E-state index contributed by atoms with van der Waals surface area (Å²) in [5.41, 5.74) is 0.644. The maximum Gasteiger partial charge on any atom is 0.00434 e. The molecule has 0 bridgehead atoms. The van der Waals surface area contributed by atoms with Crippen molar-refractivity contribution in [1.82, 2.24) is 4.90 Å². The molecule has 0 aromatic rings. The van der Waals surface area contributed by atoms with Gasteiger partial charge in [0.15, 0.2) is 0 Å². The summed E-state index contributed by atoms with van der Waals surface area (Å²) in [5.74, 6) is 0. The van der Waals surface area contributed by atoms with Gasteiger partial charge in [0, 0.05) is 5.33 Å². The molecule has 1 aliphatic heterocycles. The maximum absolute atomic E-state index is 3.49. The zero-order valence-electron chi connectivity index (χ0n) is 8.98. The summed E-state index contributed by atoms with van der Waals surface area (Å²) >= 11 is 3.49. The Labute approximate surface area is 91.0 Å². The standard InChI is InChI=1S/C11H22BrN/c1-3-11(2)5-9-13(10-6-11)8-4-7-12/h3-10H2,1-2H3. The van der Waals surface area contributed by atoms with Gasteiger partial charge in [0.1, 0.15) is 0 Å². The zero-order chi connectivity index (χ0) is 9.73. The summed E-state index contributed by atoms with van der Waals surface area (Å²) in [6.45, 7) is 8.68. The van der Waals surface area contributed by atoms with E-state index in [0.717, 1.165) is 5.33 Å². The molecule has 1 nitrogen and oxygen atoms in total. The lowest BCUT2D eigenvalue weighted by Crippen LogP contribution is -2.38. The fourth-order valence-corrected chi connectivity index (χ4v) is 2.20. The van der Waals surface area contributed by atoms with Crippen LogP contribution >= 0.6 is 15.9 Å². The van der Waals surface area contributed by atoms with E-state index in [4.69, 9.17) is 0 Å². The lowest BCUT2D eigenvalue weighted by atomic mass is 9.78. The predicted octanol–water partition coefficient (Wildman–Crippen LogP) is 3.28. The van der Waals surface area contributed by atoms with E-state index >= 15 is 0 Å². The van der Waals surface area contributed by atoms with Gasteiger partial charge in [-0.1, -0.05) is 36.2 Å². The molecule has 0 radical (unpaired) electrons. The largest absolute Gasteiger partial charge is 0.303 e. The molecule has 13 heavy (non-hydrogen) atoms. The second-order valence-corrected chi connectivity index (χ2v) is 5.34. The Morgan fingerprint density at radius 1 is 1.31 bits per heavy atom. The van der Waals surface area contributed by atoms with Crippen LogP contribution in [0.15, 0.2) is 0 Å². The Morgan fingerprint density at radius 2 is 1.92 bits per heavy atom. The van der Waals surface area contributed by atoms with Gasteiger partial charge < -0.3 is 4.90 Å². The number of nitrogens with zero attached hydrogens (tertiary/aromatic N) is 1. The average molecular weight is 248 g/mol. The molecule has 0 atom stereocenters. The zero-order valence-corrected chi connectivity index (χ0v) is 10.6. The highest BCUT2D eigenvalue weighted by molar-refractivity contribution is 9.09. The normalized spacial score (nSPS) is 23.3. The van der Waals surface area contributed by atoms with Crippen LogP contribution in [0.4, 0.5) is 0 Å². The van der Waals surface area contributed by atoms with E-state index in [1.165, 1.54) is 45.3 Å². The Hall–Kier alpha value is 0.440. The first-order chi connectivity index (χ1) is 6.20. The number of likely N-dealkylation sites (tertiary alicyclic amines) is 1. The maximum atomic E-state index is 3.49. The summed E-state index contributed by atoms with van der Waals surface area (Å²) in [5, 5.41) is 1.15. The molecule has 1 rings (SSSR count). The van der Waals surface area contributed by atoms with Crippen LogP contribution in [0.3, 0.4) is 0 Å². The van der Waals surface area contributed by atoms with Crippen molar-refractivity contribution in [1.29, 1.82) is 0 Å². The minimum Gasteiger partial charge on any atom is -0.303 e. The molecule has 1 heterocycles. The second-order valence-electron chi connectivity index (χ2n) is 4.55. The summed E-state index contributed by atoms with van der Waals surface area (Å²) in [6, 6.07) is 0. The van der Waals surface area contributed by atoms with Crippen molar-refractivity contribution in [3.63, 3.8) is 0 Å². The minimum absolute atomic E-state index is 0.644. The molecule has 2 heteroatoms. The van der Waals surface area contributed by atoms with Crippen molar-refractivity contribution in [2.75, 3.05) is 25.0 Å². The number of piperidine rings is 1. The van der Waals surface area contributed by atoms with Gasteiger partial charge in [-0.25, -0.2) is 0 Å². The van der Waals surface area contributed by atoms with Crippen LogP contribution in [-0.4, -0.2) is 29.9 Å². The molecule has 0 aliphatic carbocycles. The molecule has 78 valence electrons. The minimum atomic E-state index is 0.644. The summed E-state index contributed by atoms with van der Waals surface area (Å²) < 4.78 is 0. The molecule has 1 saturated heterocycles. The SMILES string of the molecule is CCC1(C)CCN(CCCBr)CC1. The van der Waals surface area contributed by atoms with Gasteiger partial charge in [-0.15, -0.1) is 0 Å². The van der Waals surface area contributed by atoms with E-state index < -0.39 is 0 Å². The van der Waals surface area contributed by atoms with Gasteiger partial charge in [0.05, 0.1) is 0 Å². The van der Waals surface area contributed by atoms with Gasteiger partial charge in [0.2, 0.25) is 0 Å². The third-order valence-electron chi connectivity index (χ3n) is 3.52. The van der Waals surface area contributed by atoms with E-state index in [2.05, 4.69) is 34.7 Å². The van der Waals surface area contributed by atoms with Crippen molar-refractivity contribution in [3.8, 4) is 0 Å². The highest BCUT2D eigenvalue weighted by Crippen LogP contribution is 2.33. The Bertz CT molecular complexity index is 139. The first kappa shape index (κ1) is 11.5. The fraction of sp³-hybridized carbons (Fsp3) is 1.00. The molecule has 0 N–H and O–H groups in total. The van der Waals surface area contributed by atoms with Gasteiger partial charge in [-0.3, -0.25) is 0 Å². The van der Waals surface area contributed by atoms with Crippen molar-refractivity contribution in [3.05, 3.63) is 0 Å². The quantitative estimate of drug-likeness (QED) is 0.690. The van der Waals surface area contributed by atoms with Gasteiger partial charge in [0.25, 0.3) is 0 Å². The van der Waals surface area contributed by atoms with Crippen molar-refractivity contribution < 1.29 is 0 Å². The number of hydrogen-bond donors (Lipinski definition) is 0. The molecule has 0 aromatic heterocycles. The number of rotatable bonds is 4. The van der Waals surface area contributed by atoms with Crippen LogP contribution in [0, 0.1) is 5.41 Å². The molecular weight excluding hydrogens is 226 g/mol. The molecule has 0 aromatic carbocycles. The fourth-order valence-electron chi connectivity index (χ4n) is 1.95. The van der Waals surface area contributed by atoms with Crippen LogP contribution in [0.2, 0.25) is 0 Å². The number of halogens is 1. The Morgan fingerprint density at radius 3 is 2.38 bits per heavy atom. The van der Waals surface area contributed by atoms with E-state index in [1.54, 1.807) is 0 Å². The highest BCUT2D eigenvalue weighted by atomic mass is 79.9. The lowest BCUT2D eigenvalue weighted by molar-refractivity contribution is 0.115. The van der Waals surface area contributed by atoms with Crippen molar-refractivity contribution >= 4 is 15.9 Å². The van der Waals surface area contributed by atoms with Crippen LogP contribution in [-0.2, 0) is 0 Å². The average Bonchev–Trinajstić information content (AvgIpc) is 2.17. The van der Waals surface area contributed by atoms with Crippen LogP contribution < -0.4 is 0 Å². The third kappa shape index (κ3) is 3.59. The Kier molecular flexibility index (Phi) is 4.74. The lowest BCUT2D eigenvalue weighted by Gasteiger charge is -2.38.